The fourth-order valence-corrected chi connectivity index (χ4v) is 2.88. The van der Waals surface area contributed by atoms with Gasteiger partial charge in [0.2, 0.25) is 0 Å². The molecule has 2 aromatic carbocycles. The molecule has 0 atom stereocenters. The third-order valence-electron chi connectivity index (χ3n) is 3.91. The van der Waals surface area contributed by atoms with Gasteiger partial charge in [-0.15, -0.1) is 0 Å². The number of aliphatic hydroxyl groups excluding tert-OH is 1. The van der Waals surface area contributed by atoms with Crippen LogP contribution in [-0.2, 0) is 5.41 Å². The summed E-state index contributed by atoms with van der Waals surface area (Å²) in [6, 6.07) is 14.0. The Morgan fingerprint density at radius 2 is 1.56 bits per heavy atom. The molecule has 0 aromatic heterocycles. The van der Waals surface area contributed by atoms with Crippen molar-refractivity contribution in [3.05, 3.63) is 59.2 Å². The van der Waals surface area contributed by atoms with Crippen LogP contribution in [0.1, 0.15) is 36.8 Å². The lowest BCUT2D eigenvalue weighted by atomic mass is 9.82. The van der Waals surface area contributed by atoms with E-state index in [9.17, 15) is 10.2 Å². The summed E-state index contributed by atoms with van der Waals surface area (Å²) in [6.45, 7) is 4.34. The Balaban J connectivity index is 2.28. The van der Waals surface area contributed by atoms with Gasteiger partial charge in [0, 0.05) is 11.0 Å². The summed E-state index contributed by atoms with van der Waals surface area (Å²) in [4.78, 5) is 0. The second kappa shape index (κ2) is 3.67. The summed E-state index contributed by atoms with van der Waals surface area (Å²) >= 11 is 0. The van der Waals surface area contributed by atoms with E-state index in [-0.39, 0.29) is 5.41 Å². The lowest BCUT2D eigenvalue weighted by Gasteiger charge is -2.22. The highest BCUT2D eigenvalue weighted by Gasteiger charge is 2.35. The molecule has 18 heavy (non-hydrogen) atoms. The first-order chi connectivity index (χ1) is 8.51. The molecule has 0 aliphatic heterocycles. The third-order valence-corrected chi connectivity index (χ3v) is 3.91. The molecule has 2 aromatic rings. The fourth-order valence-electron chi connectivity index (χ4n) is 2.88. The average molecular weight is 240 g/mol. The van der Waals surface area contributed by atoms with E-state index < -0.39 is 6.29 Å². The summed E-state index contributed by atoms with van der Waals surface area (Å²) in [7, 11) is 0. The number of hydrogen-bond acceptors (Lipinski definition) is 2. The van der Waals surface area contributed by atoms with Gasteiger partial charge in [-0.25, -0.2) is 0 Å². The Kier molecular flexibility index (Phi) is 2.34. The van der Waals surface area contributed by atoms with Gasteiger partial charge in [-0.1, -0.05) is 50.2 Å². The summed E-state index contributed by atoms with van der Waals surface area (Å²) in [5, 5.41) is 18.6. The lowest BCUT2D eigenvalue weighted by Crippen LogP contribution is -2.15. The molecule has 92 valence electrons. The number of rotatable bonds is 1. The SMILES string of the molecule is CC1(C)c2ccccc2-c2ccc(C(O)O)cc21. The van der Waals surface area contributed by atoms with Crippen molar-refractivity contribution in [2.24, 2.45) is 0 Å². The number of hydrogen-bond donors (Lipinski definition) is 2. The highest BCUT2D eigenvalue weighted by atomic mass is 16.5. The molecule has 0 bridgehead atoms. The molecule has 2 N–H and O–H groups in total. The van der Waals surface area contributed by atoms with E-state index in [1.54, 1.807) is 6.07 Å². The number of fused-ring (bicyclic) bond motifs is 3. The zero-order chi connectivity index (χ0) is 12.9. The van der Waals surface area contributed by atoms with E-state index in [2.05, 4.69) is 26.0 Å². The van der Waals surface area contributed by atoms with Crippen molar-refractivity contribution in [2.75, 3.05) is 0 Å². The van der Waals surface area contributed by atoms with Crippen LogP contribution in [0.25, 0.3) is 11.1 Å². The number of aliphatic hydroxyl groups is 2. The van der Waals surface area contributed by atoms with Crippen LogP contribution in [0.4, 0.5) is 0 Å². The predicted octanol–water partition coefficient (Wildman–Crippen LogP) is 2.98. The maximum absolute atomic E-state index is 9.30. The van der Waals surface area contributed by atoms with Gasteiger partial charge >= 0.3 is 0 Å². The van der Waals surface area contributed by atoms with E-state index in [0.717, 1.165) is 5.56 Å². The van der Waals surface area contributed by atoms with Crippen LogP contribution in [0.2, 0.25) is 0 Å². The molecule has 3 rings (SSSR count). The summed E-state index contributed by atoms with van der Waals surface area (Å²) < 4.78 is 0. The smallest absolute Gasteiger partial charge is 0.178 e. The first kappa shape index (κ1) is 11.5. The van der Waals surface area contributed by atoms with Crippen molar-refractivity contribution < 1.29 is 10.2 Å². The minimum atomic E-state index is -1.41. The molecule has 1 aliphatic rings. The van der Waals surface area contributed by atoms with Crippen molar-refractivity contribution in [1.82, 2.24) is 0 Å². The van der Waals surface area contributed by atoms with Crippen molar-refractivity contribution >= 4 is 0 Å². The standard InChI is InChI=1S/C16H16O2/c1-16(2)13-6-4-3-5-11(13)12-8-7-10(15(17)18)9-14(12)16/h3-9,15,17-18H,1-2H3. The first-order valence-corrected chi connectivity index (χ1v) is 6.12. The van der Waals surface area contributed by atoms with Crippen molar-refractivity contribution in [3.63, 3.8) is 0 Å². The molecule has 0 heterocycles. The van der Waals surface area contributed by atoms with Gasteiger partial charge in [-0.05, 0) is 28.3 Å². The predicted molar refractivity (Wildman–Crippen MR) is 71.2 cm³/mol. The van der Waals surface area contributed by atoms with Crippen LogP contribution in [0.15, 0.2) is 42.5 Å². The molecule has 0 saturated heterocycles. The van der Waals surface area contributed by atoms with Crippen LogP contribution in [0.3, 0.4) is 0 Å². The molecule has 0 unspecified atom stereocenters. The Morgan fingerprint density at radius 3 is 2.28 bits per heavy atom. The molecular weight excluding hydrogens is 224 g/mol. The Hall–Kier alpha value is -1.64. The Labute approximate surface area is 107 Å². The van der Waals surface area contributed by atoms with E-state index in [4.69, 9.17) is 0 Å². The molecule has 2 heteroatoms. The van der Waals surface area contributed by atoms with E-state index in [1.165, 1.54) is 16.7 Å². The highest BCUT2D eigenvalue weighted by molar-refractivity contribution is 5.80. The van der Waals surface area contributed by atoms with Gasteiger partial charge in [0.25, 0.3) is 0 Å². The molecule has 0 fully saturated rings. The second-order valence-corrected chi connectivity index (χ2v) is 5.35. The van der Waals surface area contributed by atoms with Gasteiger partial charge in [0.15, 0.2) is 6.29 Å². The van der Waals surface area contributed by atoms with Gasteiger partial charge in [-0.2, -0.15) is 0 Å². The zero-order valence-electron chi connectivity index (χ0n) is 10.5. The maximum atomic E-state index is 9.30. The van der Waals surface area contributed by atoms with E-state index in [1.807, 2.05) is 24.3 Å². The van der Waals surface area contributed by atoms with Crippen molar-refractivity contribution in [2.45, 2.75) is 25.6 Å². The van der Waals surface area contributed by atoms with Crippen molar-refractivity contribution in [1.29, 1.82) is 0 Å². The highest BCUT2D eigenvalue weighted by Crippen LogP contribution is 2.48. The minimum absolute atomic E-state index is 0.0865. The van der Waals surface area contributed by atoms with Crippen LogP contribution in [0.5, 0.6) is 0 Å². The summed E-state index contributed by atoms with van der Waals surface area (Å²) in [5.41, 5.74) is 5.36. The van der Waals surface area contributed by atoms with Crippen molar-refractivity contribution in [3.8, 4) is 11.1 Å². The monoisotopic (exact) mass is 240 g/mol. The van der Waals surface area contributed by atoms with Crippen LogP contribution in [0, 0.1) is 0 Å². The second-order valence-electron chi connectivity index (χ2n) is 5.35. The zero-order valence-corrected chi connectivity index (χ0v) is 10.5. The van der Waals surface area contributed by atoms with Crippen LogP contribution < -0.4 is 0 Å². The molecule has 0 radical (unpaired) electrons. The van der Waals surface area contributed by atoms with Gasteiger partial charge in [-0.3, -0.25) is 0 Å². The van der Waals surface area contributed by atoms with Gasteiger partial charge < -0.3 is 10.2 Å². The maximum Gasteiger partial charge on any atom is 0.178 e. The molecule has 0 spiro atoms. The average Bonchev–Trinajstić information content (AvgIpc) is 2.59. The molecule has 0 saturated carbocycles. The molecule has 0 amide bonds. The molecular formula is C16H16O2. The first-order valence-electron chi connectivity index (χ1n) is 6.12. The number of benzene rings is 2. The Bertz CT molecular complexity index is 612. The summed E-state index contributed by atoms with van der Waals surface area (Å²) in [6.07, 6.45) is -1.41. The quantitative estimate of drug-likeness (QED) is 0.752. The van der Waals surface area contributed by atoms with Gasteiger partial charge in [0.1, 0.15) is 0 Å². The normalized spacial score (nSPS) is 15.6. The van der Waals surface area contributed by atoms with Crippen LogP contribution >= 0.6 is 0 Å². The minimum Gasteiger partial charge on any atom is -0.364 e. The molecule has 1 aliphatic carbocycles. The molecule has 2 nitrogen and oxygen atoms in total. The Morgan fingerprint density at radius 1 is 0.889 bits per heavy atom. The van der Waals surface area contributed by atoms with Gasteiger partial charge in [0.05, 0.1) is 0 Å². The third kappa shape index (κ3) is 1.43. The lowest BCUT2D eigenvalue weighted by molar-refractivity contribution is -0.0425. The van der Waals surface area contributed by atoms with Crippen LogP contribution in [-0.4, -0.2) is 10.2 Å². The largest absolute Gasteiger partial charge is 0.364 e. The fraction of sp³-hybridized carbons (Fsp3) is 0.250. The summed E-state index contributed by atoms with van der Waals surface area (Å²) in [5.74, 6) is 0. The topological polar surface area (TPSA) is 40.5 Å². The van der Waals surface area contributed by atoms with E-state index >= 15 is 0 Å². The van der Waals surface area contributed by atoms with E-state index in [0.29, 0.717) is 5.56 Å².